The van der Waals surface area contributed by atoms with Gasteiger partial charge in [-0.1, -0.05) is 36.4 Å². The third-order valence-corrected chi connectivity index (χ3v) is 4.72. The number of amides is 2. The van der Waals surface area contributed by atoms with Crippen LogP contribution in [0.25, 0.3) is 0 Å². The lowest BCUT2D eigenvalue weighted by molar-refractivity contribution is -0.120. The molecule has 0 saturated heterocycles. The van der Waals surface area contributed by atoms with Gasteiger partial charge in [0.05, 0.1) is 17.4 Å². The number of rotatable bonds is 6. The summed E-state index contributed by atoms with van der Waals surface area (Å²) in [6.07, 6.45) is 0. The minimum absolute atomic E-state index is 0.218. The van der Waals surface area contributed by atoms with E-state index in [9.17, 15) is 18.0 Å². The Bertz CT molecular complexity index is 950. The topological polar surface area (TPSA) is 116 Å². The van der Waals surface area contributed by atoms with Crippen molar-refractivity contribution in [2.24, 2.45) is 0 Å². The van der Waals surface area contributed by atoms with Crippen LogP contribution >= 0.6 is 0 Å². The molecular weight excluding hydrogens is 354 g/mol. The first-order valence-corrected chi connectivity index (χ1v) is 9.36. The standard InChI is InChI=1S/C18H17N3O4S/c1-13(20-18(23)14-7-3-2-4-8-14)17(22)21-26(24,25)12-16-10-6-5-9-15(16)11-19/h2-10,13H,12H2,1H3,(H,20,23)(H,21,22)/t13-/m1/s1. The van der Waals surface area contributed by atoms with E-state index >= 15 is 0 Å². The van der Waals surface area contributed by atoms with E-state index in [0.717, 1.165) is 0 Å². The van der Waals surface area contributed by atoms with Crippen LogP contribution in [0.2, 0.25) is 0 Å². The zero-order valence-electron chi connectivity index (χ0n) is 14.0. The van der Waals surface area contributed by atoms with Crippen LogP contribution in [0.1, 0.15) is 28.4 Å². The van der Waals surface area contributed by atoms with Gasteiger partial charge < -0.3 is 5.32 Å². The summed E-state index contributed by atoms with van der Waals surface area (Å²) >= 11 is 0. The summed E-state index contributed by atoms with van der Waals surface area (Å²) in [4.78, 5) is 24.1. The molecule has 0 aromatic heterocycles. The number of nitriles is 1. The lowest BCUT2D eigenvalue weighted by Gasteiger charge is -2.14. The normalized spacial score (nSPS) is 11.8. The zero-order valence-corrected chi connectivity index (χ0v) is 14.8. The summed E-state index contributed by atoms with van der Waals surface area (Å²) in [6.45, 7) is 1.38. The van der Waals surface area contributed by atoms with Crippen molar-refractivity contribution in [1.29, 1.82) is 5.26 Å². The summed E-state index contributed by atoms with van der Waals surface area (Å²) in [7, 11) is -4.01. The van der Waals surface area contributed by atoms with Crippen LogP contribution in [0, 0.1) is 11.3 Å². The average Bonchev–Trinajstić information content (AvgIpc) is 2.62. The highest BCUT2D eigenvalue weighted by molar-refractivity contribution is 7.89. The maximum Gasteiger partial charge on any atom is 0.255 e. The fourth-order valence-electron chi connectivity index (χ4n) is 2.17. The van der Waals surface area contributed by atoms with E-state index in [1.165, 1.54) is 19.1 Å². The zero-order chi connectivity index (χ0) is 19.2. The van der Waals surface area contributed by atoms with Crippen LogP contribution in [0.4, 0.5) is 0 Å². The van der Waals surface area contributed by atoms with Gasteiger partial charge in [-0.2, -0.15) is 5.26 Å². The first kappa shape index (κ1) is 19.1. The lowest BCUT2D eigenvalue weighted by atomic mass is 10.1. The number of benzene rings is 2. The quantitative estimate of drug-likeness (QED) is 0.794. The molecule has 0 radical (unpaired) electrons. The Kier molecular flexibility index (Phi) is 6.09. The van der Waals surface area contributed by atoms with Crippen LogP contribution in [0.15, 0.2) is 54.6 Å². The van der Waals surface area contributed by atoms with E-state index in [-0.39, 0.29) is 11.1 Å². The molecule has 2 rings (SSSR count). The second-order valence-corrected chi connectivity index (χ2v) is 7.28. The van der Waals surface area contributed by atoms with Crippen LogP contribution in [0.3, 0.4) is 0 Å². The fraction of sp³-hybridized carbons (Fsp3) is 0.167. The molecule has 2 aromatic carbocycles. The van der Waals surface area contributed by atoms with Crippen molar-refractivity contribution in [3.05, 3.63) is 71.3 Å². The number of sulfonamides is 1. The van der Waals surface area contributed by atoms with Gasteiger partial charge in [0.2, 0.25) is 10.0 Å². The third kappa shape index (κ3) is 5.16. The van der Waals surface area contributed by atoms with Gasteiger partial charge in [0.25, 0.3) is 11.8 Å². The molecule has 0 bridgehead atoms. The molecule has 0 saturated carbocycles. The predicted molar refractivity (Wildman–Crippen MR) is 95.3 cm³/mol. The monoisotopic (exact) mass is 371 g/mol. The molecule has 7 nitrogen and oxygen atoms in total. The van der Waals surface area contributed by atoms with Gasteiger partial charge in [-0.3, -0.25) is 14.3 Å². The minimum atomic E-state index is -4.01. The van der Waals surface area contributed by atoms with E-state index in [1.54, 1.807) is 42.5 Å². The van der Waals surface area contributed by atoms with Crippen LogP contribution in [0.5, 0.6) is 0 Å². The molecule has 8 heteroatoms. The van der Waals surface area contributed by atoms with E-state index in [1.807, 2.05) is 10.8 Å². The van der Waals surface area contributed by atoms with E-state index in [2.05, 4.69) is 5.32 Å². The molecule has 0 spiro atoms. The van der Waals surface area contributed by atoms with Gasteiger partial charge in [0.1, 0.15) is 6.04 Å². The fourth-order valence-corrected chi connectivity index (χ4v) is 3.39. The van der Waals surface area contributed by atoms with Crippen molar-refractivity contribution in [2.75, 3.05) is 0 Å². The molecule has 134 valence electrons. The molecule has 0 aliphatic heterocycles. The largest absolute Gasteiger partial charge is 0.340 e. The highest BCUT2D eigenvalue weighted by Gasteiger charge is 2.22. The first-order valence-electron chi connectivity index (χ1n) is 7.70. The van der Waals surface area contributed by atoms with Crippen molar-refractivity contribution in [3.8, 4) is 6.07 Å². The summed E-state index contributed by atoms with van der Waals surface area (Å²) < 4.78 is 26.3. The van der Waals surface area contributed by atoms with Crippen LogP contribution < -0.4 is 10.0 Å². The molecule has 0 fully saturated rings. The molecule has 2 amide bonds. The third-order valence-electron chi connectivity index (χ3n) is 3.52. The Morgan fingerprint density at radius 3 is 2.35 bits per heavy atom. The van der Waals surface area contributed by atoms with Gasteiger partial charge >= 0.3 is 0 Å². The molecule has 2 N–H and O–H groups in total. The SMILES string of the molecule is C[C@@H](NC(=O)c1ccccc1)C(=O)NS(=O)(=O)Cc1ccccc1C#N. The molecule has 0 aliphatic carbocycles. The van der Waals surface area contributed by atoms with Gasteiger partial charge in [-0.25, -0.2) is 8.42 Å². The molecule has 0 aliphatic rings. The molecule has 1 atom stereocenters. The molecule has 0 heterocycles. The Balaban J connectivity index is 2.01. The number of carbonyl (C=O) groups is 2. The maximum absolute atomic E-state index is 12.2. The highest BCUT2D eigenvalue weighted by Crippen LogP contribution is 2.11. The Morgan fingerprint density at radius 2 is 1.69 bits per heavy atom. The van der Waals surface area contributed by atoms with E-state index in [4.69, 9.17) is 5.26 Å². The second-order valence-electron chi connectivity index (χ2n) is 5.56. The number of hydrogen-bond acceptors (Lipinski definition) is 5. The number of nitrogens with zero attached hydrogens (tertiary/aromatic N) is 1. The number of nitrogens with one attached hydrogen (secondary N) is 2. The molecular formula is C18H17N3O4S. The Hall–Kier alpha value is -3.18. The summed E-state index contributed by atoms with van der Waals surface area (Å²) in [5.74, 6) is -1.86. The molecule has 2 aromatic rings. The van der Waals surface area contributed by atoms with Crippen LogP contribution in [-0.4, -0.2) is 26.3 Å². The van der Waals surface area contributed by atoms with E-state index in [0.29, 0.717) is 5.56 Å². The molecule has 0 unspecified atom stereocenters. The average molecular weight is 371 g/mol. The van der Waals surface area contributed by atoms with Crippen molar-refractivity contribution in [1.82, 2.24) is 10.0 Å². The van der Waals surface area contributed by atoms with E-state index < -0.39 is 33.6 Å². The van der Waals surface area contributed by atoms with Crippen molar-refractivity contribution < 1.29 is 18.0 Å². The minimum Gasteiger partial charge on any atom is -0.340 e. The van der Waals surface area contributed by atoms with Crippen molar-refractivity contribution >= 4 is 21.8 Å². The number of carbonyl (C=O) groups excluding carboxylic acids is 2. The second kappa shape index (κ2) is 8.27. The van der Waals surface area contributed by atoms with Crippen LogP contribution in [-0.2, 0) is 20.6 Å². The summed E-state index contributed by atoms with van der Waals surface area (Å²) in [5.41, 5.74) is 0.866. The Morgan fingerprint density at radius 1 is 1.08 bits per heavy atom. The number of hydrogen-bond donors (Lipinski definition) is 2. The van der Waals surface area contributed by atoms with Gasteiger partial charge in [-0.05, 0) is 30.7 Å². The highest BCUT2D eigenvalue weighted by atomic mass is 32.2. The molecule has 26 heavy (non-hydrogen) atoms. The maximum atomic E-state index is 12.2. The lowest BCUT2D eigenvalue weighted by Crippen LogP contribution is -2.46. The smallest absolute Gasteiger partial charge is 0.255 e. The van der Waals surface area contributed by atoms with Crippen molar-refractivity contribution in [2.45, 2.75) is 18.7 Å². The van der Waals surface area contributed by atoms with Gasteiger partial charge in [-0.15, -0.1) is 0 Å². The van der Waals surface area contributed by atoms with Crippen molar-refractivity contribution in [3.63, 3.8) is 0 Å². The Labute approximate surface area is 151 Å². The predicted octanol–water partition coefficient (Wildman–Crippen LogP) is 1.32. The summed E-state index contributed by atoms with van der Waals surface area (Å²) in [5, 5.41) is 11.5. The van der Waals surface area contributed by atoms with Gasteiger partial charge in [0.15, 0.2) is 0 Å². The summed E-state index contributed by atoms with van der Waals surface area (Å²) in [6, 6.07) is 15.3. The first-order chi connectivity index (χ1) is 12.3. The van der Waals surface area contributed by atoms with Gasteiger partial charge in [0, 0.05) is 5.56 Å².